The second kappa shape index (κ2) is 9.17. The number of carbonyl (C=O) groups is 2. The molecule has 0 radical (unpaired) electrons. The van der Waals surface area contributed by atoms with Gasteiger partial charge in [-0.2, -0.15) is 0 Å². The molecule has 1 aliphatic heterocycles. The summed E-state index contributed by atoms with van der Waals surface area (Å²) in [6, 6.07) is 7.59. The zero-order valence-electron chi connectivity index (χ0n) is 18.6. The number of halogens is 3. The Hall–Kier alpha value is -2.87. The number of carbonyl (C=O) groups excluding carboxylic acids is 2. The molecule has 4 rings (SSSR count). The third-order valence-corrected chi connectivity index (χ3v) is 6.96. The quantitative estimate of drug-likeness (QED) is 0.717. The Bertz CT molecular complexity index is 1060. The second-order valence-corrected chi connectivity index (χ2v) is 8.97. The number of hydrogen-bond acceptors (Lipinski definition) is 3. The number of rotatable bonds is 5. The van der Waals surface area contributed by atoms with Gasteiger partial charge < -0.3 is 15.4 Å². The van der Waals surface area contributed by atoms with Crippen LogP contribution in [0.5, 0.6) is 0 Å². The number of hydrogen-bond donors (Lipinski definition) is 2. The van der Waals surface area contributed by atoms with Gasteiger partial charge in [0.15, 0.2) is 0 Å². The van der Waals surface area contributed by atoms with Crippen LogP contribution in [-0.2, 0) is 20.7 Å². The van der Waals surface area contributed by atoms with Gasteiger partial charge in [-0.25, -0.2) is 13.2 Å². The molecule has 2 aliphatic rings. The monoisotopic (exact) mass is 460 g/mol. The first-order valence-electron chi connectivity index (χ1n) is 11.2. The van der Waals surface area contributed by atoms with Crippen molar-refractivity contribution in [3.05, 3.63) is 59.4 Å². The predicted octanol–water partition coefficient (Wildman–Crippen LogP) is 3.61. The van der Waals surface area contributed by atoms with Gasteiger partial charge in [-0.1, -0.05) is 25.1 Å². The summed E-state index contributed by atoms with van der Waals surface area (Å²) in [6.07, 6.45) is 0.684. The molecule has 4 atom stereocenters. The molecule has 8 heteroatoms. The van der Waals surface area contributed by atoms with Crippen molar-refractivity contribution in [2.24, 2.45) is 17.8 Å². The van der Waals surface area contributed by atoms with Gasteiger partial charge in [0.05, 0.1) is 12.1 Å². The highest BCUT2D eigenvalue weighted by Gasteiger charge is 2.57. The molecule has 0 bridgehead atoms. The molecule has 0 aromatic heterocycles. The van der Waals surface area contributed by atoms with E-state index in [1.807, 2.05) is 13.8 Å². The SMILES string of the molecule is CCNC(=O)C1C[C@H](C)C2(COCC(=O)N2)C1Cc1cccc(-c2cc(F)cc(F)c2)c1F. The van der Waals surface area contributed by atoms with Gasteiger partial charge in [-0.05, 0) is 48.9 Å². The van der Waals surface area contributed by atoms with E-state index in [4.69, 9.17) is 4.74 Å². The van der Waals surface area contributed by atoms with E-state index in [1.54, 1.807) is 12.1 Å². The van der Waals surface area contributed by atoms with Crippen LogP contribution in [0.4, 0.5) is 13.2 Å². The van der Waals surface area contributed by atoms with Crippen molar-refractivity contribution >= 4 is 11.8 Å². The minimum atomic E-state index is -0.807. The molecule has 1 heterocycles. The van der Waals surface area contributed by atoms with Crippen molar-refractivity contribution in [1.82, 2.24) is 10.6 Å². The van der Waals surface area contributed by atoms with Crippen LogP contribution in [0.3, 0.4) is 0 Å². The fourth-order valence-corrected chi connectivity index (χ4v) is 5.42. The summed E-state index contributed by atoms with van der Waals surface area (Å²) < 4.78 is 48.7. The molecule has 2 fully saturated rings. The molecule has 1 saturated carbocycles. The van der Waals surface area contributed by atoms with Crippen molar-refractivity contribution in [3.8, 4) is 11.1 Å². The van der Waals surface area contributed by atoms with E-state index in [1.165, 1.54) is 6.07 Å². The fourth-order valence-electron chi connectivity index (χ4n) is 5.42. The molecule has 2 aromatic rings. The lowest BCUT2D eigenvalue weighted by Crippen LogP contribution is -2.63. The molecule has 1 saturated heterocycles. The maximum atomic E-state index is 15.6. The number of morpholine rings is 1. The smallest absolute Gasteiger partial charge is 0.246 e. The first-order chi connectivity index (χ1) is 15.7. The van der Waals surface area contributed by atoms with Crippen LogP contribution in [0.25, 0.3) is 11.1 Å². The van der Waals surface area contributed by atoms with E-state index in [9.17, 15) is 18.4 Å². The summed E-state index contributed by atoms with van der Waals surface area (Å²) in [5.74, 6) is -3.53. The van der Waals surface area contributed by atoms with Crippen LogP contribution in [0, 0.1) is 35.2 Å². The predicted molar refractivity (Wildman–Crippen MR) is 117 cm³/mol. The topological polar surface area (TPSA) is 67.4 Å². The lowest BCUT2D eigenvalue weighted by atomic mass is 9.75. The van der Waals surface area contributed by atoms with E-state index in [-0.39, 0.29) is 48.5 Å². The minimum Gasteiger partial charge on any atom is -0.369 e. The summed E-state index contributed by atoms with van der Waals surface area (Å²) in [4.78, 5) is 25.2. The maximum absolute atomic E-state index is 15.6. The van der Waals surface area contributed by atoms with Crippen molar-refractivity contribution in [2.45, 2.75) is 32.2 Å². The van der Waals surface area contributed by atoms with E-state index < -0.39 is 34.8 Å². The third-order valence-electron chi connectivity index (χ3n) is 6.96. The largest absolute Gasteiger partial charge is 0.369 e. The van der Waals surface area contributed by atoms with Gasteiger partial charge in [0, 0.05) is 30.0 Å². The second-order valence-electron chi connectivity index (χ2n) is 8.97. The van der Waals surface area contributed by atoms with Crippen LogP contribution in [0.1, 0.15) is 25.8 Å². The Morgan fingerprint density at radius 1 is 1.21 bits per heavy atom. The molecule has 176 valence electrons. The van der Waals surface area contributed by atoms with Gasteiger partial charge in [-0.15, -0.1) is 0 Å². The molecule has 33 heavy (non-hydrogen) atoms. The van der Waals surface area contributed by atoms with Crippen molar-refractivity contribution in [3.63, 3.8) is 0 Å². The minimum absolute atomic E-state index is 0.0536. The molecule has 5 nitrogen and oxygen atoms in total. The van der Waals surface area contributed by atoms with Gasteiger partial charge in [0.1, 0.15) is 24.1 Å². The van der Waals surface area contributed by atoms with Crippen LogP contribution < -0.4 is 10.6 Å². The molecular formula is C25H27F3N2O3. The fraction of sp³-hybridized carbons (Fsp3) is 0.440. The highest BCUT2D eigenvalue weighted by Crippen LogP contribution is 2.48. The summed E-state index contributed by atoms with van der Waals surface area (Å²) in [5.41, 5.74) is -0.330. The summed E-state index contributed by atoms with van der Waals surface area (Å²) in [6.45, 7) is 4.43. The standard InChI is InChI=1S/C25H27F3N2O3/c1-3-29-24(32)20-7-14(2)25(13-33-12-22(31)30-25)21(20)10-15-5-4-6-19(23(15)28)16-8-17(26)11-18(27)9-16/h4-6,8-9,11,14,20-21H,3,7,10,12-13H2,1-2H3,(H,29,32)(H,30,31)/t14-,20?,21?,25?/m0/s1. The van der Waals surface area contributed by atoms with Gasteiger partial charge >= 0.3 is 0 Å². The normalized spacial score (nSPS) is 26.9. The average molecular weight is 460 g/mol. The Morgan fingerprint density at radius 3 is 2.61 bits per heavy atom. The first-order valence-corrected chi connectivity index (χ1v) is 11.2. The lowest BCUT2D eigenvalue weighted by Gasteiger charge is -2.43. The summed E-state index contributed by atoms with van der Waals surface area (Å²) >= 11 is 0. The zero-order chi connectivity index (χ0) is 23.8. The number of benzene rings is 2. The Balaban J connectivity index is 1.74. The van der Waals surface area contributed by atoms with Crippen molar-refractivity contribution in [2.75, 3.05) is 19.8 Å². The highest BCUT2D eigenvalue weighted by molar-refractivity contribution is 5.82. The molecule has 1 aliphatic carbocycles. The van der Waals surface area contributed by atoms with E-state index >= 15 is 4.39 Å². The third kappa shape index (κ3) is 4.36. The van der Waals surface area contributed by atoms with Crippen molar-refractivity contribution < 1.29 is 27.5 Å². The van der Waals surface area contributed by atoms with Crippen molar-refractivity contribution in [1.29, 1.82) is 0 Å². The number of ether oxygens (including phenoxy) is 1. The average Bonchev–Trinajstić information content (AvgIpc) is 3.00. The molecule has 2 amide bonds. The van der Waals surface area contributed by atoms with Crippen LogP contribution in [0.15, 0.2) is 36.4 Å². The Kier molecular flexibility index (Phi) is 6.47. The maximum Gasteiger partial charge on any atom is 0.246 e. The molecule has 2 N–H and O–H groups in total. The van der Waals surface area contributed by atoms with Gasteiger partial charge in [0.25, 0.3) is 0 Å². The molecule has 1 spiro atoms. The Morgan fingerprint density at radius 2 is 1.94 bits per heavy atom. The molecule has 3 unspecified atom stereocenters. The molecule has 2 aromatic carbocycles. The Labute approximate surface area is 190 Å². The summed E-state index contributed by atoms with van der Waals surface area (Å²) in [5, 5.41) is 5.91. The van der Waals surface area contributed by atoms with E-state index in [2.05, 4.69) is 10.6 Å². The van der Waals surface area contributed by atoms with Crippen LogP contribution in [0.2, 0.25) is 0 Å². The highest BCUT2D eigenvalue weighted by atomic mass is 19.1. The first kappa shape index (κ1) is 23.3. The number of amides is 2. The molecular weight excluding hydrogens is 433 g/mol. The summed E-state index contributed by atoms with van der Waals surface area (Å²) in [7, 11) is 0. The van der Waals surface area contributed by atoms with Crippen LogP contribution >= 0.6 is 0 Å². The number of nitrogens with one attached hydrogen (secondary N) is 2. The van der Waals surface area contributed by atoms with E-state index in [0.29, 0.717) is 18.5 Å². The van der Waals surface area contributed by atoms with E-state index in [0.717, 1.165) is 18.2 Å². The van der Waals surface area contributed by atoms with Gasteiger partial charge in [-0.3, -0.25) is 9.59 Å². The zero-order valence-corrected chi connectivity index (χ0v) is 18.6. The van der Waals surface area contributed by atoms with Crippen LogP contribution in [-0.4, -0.2) is 37.1 Å². The van der Waals surface area contributed by atoms with Gasteiger partial charge in [0.2, 0.25) is 11.8 Å². The lowest BCUT2D eigenvalue weighted by molar-refractivity contribution is -0.140.